The van der Waals surface area contributed by atoms with Gasteiger partial charge in [0.15, 0.2) is 5.78 Å². The molecule has 0 saturated carbocycles. The summed E-state index contributed by atoms with van der Waals surface area (Å²) in [6.07, 6.45) is -5.42. The van der Waals surface area contributed by atoms with Crippen molar-refractivity contribution in [2.75, 3.05) is 0 Å². The van der Waals surface area contributed by atoms with E-state index in [0.29, 0.717) is 0 Å². The van der Waals surface area contributed by atoms with Crippen molar-refractivity contribution in [1.29, 1.82) is 0 Å². The van der Waals surface area contributed by atoms with Crippen LogP contribution in [0.5, 0.6) is 0 Å². The van der Waals surface area contributed by atoms with Crippen LogP contribution in [0.3, 0.4) is 0 Å². The molecule has 3 atom stereocenters. The number of ketones is 1. The van der Waals surface area contributed by atoms with Crippen LogP contribution in [0.2, 0.25) is 5.02 Å². The molecule has 0 aromatic heterocycles. The monoisotopic (exact) mass is 416 g/mol. The molecule has 0 spiro atoms. The van der Waals surface area contributed by atoms with Crippen molar-refractivity contribution in [3.8, 4) is 0 Å². The molecule has 148 valence electrons. The number of aliphatic hydroxyl groups is 1. The first-order valence-electron chi connectivity index (χ1n) is 7.96. The summed E-state index contributed by atoms with van der Waals surface area (Å²) >= 11 is 5.74. The fourth-order valence-corrected chi connectivity index (χ4v) is 3.25. The number of hydrogen-bond donors (Lipinski definition) is 3. The van der Waals surface area contributed by atoms with Gasteiger partial charge in [0.25, 0.3) is 0 Å². The molecule has 0 bridgehead atoms. The topological polar surface area (TPSA) is 78.4 Å². The van der Waals surface area contributed by atoms with E-state index in [1.165, 1.54) is 41.7 Å². The molecule has 1 heterocycles. The second-order valence-electron chi connectivity index (χ2n) is 6.21. The fraction of sp³-hybridized carbons (Fsp3) is 0.222. The van der Waals surface area contributed by atoms with E-state index in [4.69, 9.17) is 11.6 Å². The number of nitrogens with one attached hydrogen (secondary N) is 2. The minimum atomic E-state index is -5.42. The largest absolute Gasteiger partial charge is 0.437 e. The third-order valence-electron chi connectivity index (χ3n) is 4.46. The first kappa shape index (κ1) is 20.1. The second kappa shape index (κ2) is 7.06. The van der Waals surface area contributed by atoms with Crippen LogP contribution in [-0.4, -0.2) is 28.8 Å². The van der Waals surface area contributed by atoms with E-state index in [1.807, 2.05) is 0 Å². The SMILES string of the molecule is O=C1N[C@H](c2ccccc2F)[C@H](C(=O)c2ccc(Cl)cc2)[C@](O)(C(F)(F)F)N1. The number of halogens is 5. The van der Waals surface area contributed by atoms with Crippen molar-refractivity contribution in [2.24, 2.45) is 5.92 Å². The van der Waals surface area contributed by atoms with Crippen LogP contribution in [-0.2, 0) is 0 Å². The van der Waals surface area contributed by atoms with E-state index < -0.39 is 41.5 Å². The molecule has 0 aliphatic carbocycles. The predicted octanol–water partition coefficient (Wildman–Crippen LogP) is 3.58. The van der Waals surface area contributed by atoms with Gasteiger partial charge in [0.1, 0.15) is 11.7 Å². The van der Waals surface area contributed by atoms with E-state index in [0.717, 1.165) is 12.1 Å². The number of amides is 2. The lowest BCUT2D eigenvalue weighted by molar-refractivity contribution is -0.287. The zero-order valence-electron chi connectivity index (χ0n) is 13.9. The number of rotatable bonds is 3. The summed E-state index contributed by atoms with van der Waals surface area (Å²) in [5.41, 5.74) is -4.48. The van der Waals surface area contributed by atoms with Gasteiger partial charge < -0.3 is 15.7 Å². The molecule has 2 amide bonds. The number of carbonyl (C=O) groups is 2. The summed E-state index contributed by atoms with van der Waals surface area (Å²) in [4.78, 5) is 24.8. The predicted molar refractivity (Wildman–Crippen MR) is 91.1 cm³/mol. The smallest absolute Gasteiger partial charge is 0.363 e. The van der Waals surface area contributed by atoms with E-state index in [-0.39, 0.29) is 16.1 Å². The third kappa shape index (κ3) is 3.43. The van der Waals surface area contributed by atoms with Crippen molar-refractivity contribution >= 4 is 23.4 Å². The number of Topliss-reactive ketones (excluding diaryl/α,β-unsaturated/α-hetero) is 1. The Kier molecular flexibility index (Phi) is 5.07. The van der Waals surface area contributed by atoms with E-state index in [9.17, 15) is 32.3 Å². The number of urea groups is 1. The minimum Gasteiger partial charge on any atom is -0.363 e. The van der Waals surface area contributed by atoms with E-state index in [1.54, 1.807) is 0 Å². The highest BCUT2D eigenvalue weighted by molar-refractivity contribution is 6.30. The van der Waals surface area contributed by atoms with Crippen LogP contribution >= 0.6 is 11.6 Å². The third-order valence-corrected chi connectivity index (χ3v) is 4.71. The van der Waals surface area contributed by atoms with Gasteiger partial charge in [-0.05, 0) is 30.3 Å². The molecule has 1 saturated heterocycles. The quantitative estimate of drug-likeness (QED) is 0.528. The van der Waals surface area contributed by atoms with Crippen LogP contribution < -0.4 is 10.6 Å². The maximum atomic E-state index is 14.3. The van der Waals surface area contributed by atoms with Crippen molar-refractivity contribution in [3.63, 3.8) is 0 Å². The molecule has 5 nitrogen and oxygen atoms in total. The highest BCUT2D eigenvalue weighted by Crippen LogP contribution is 2.44. The molecule has 2 aromatic carbocycles. The van der Waals surface area contributed by atoms with Gasteiger partial charge in [0.2, 0.25) is 5.72 Å². The minimum absolute atomic E-state index is 0.198. The van der Waals surface area contributed by atoms with Crippen molar-refractivity contribution in [1.82, 2.24) is 10.6 Å². The zero-order chi connectivity index (χ0) is 20.7. The highest BCUT2D eigenvalue weighted by Gasteiger charge is 2.66. The van der Waals surface area contributed by atoms with Crippen LogP contribution in [0.25, 0.3) is 0 Å². The maximum absolute atomic E-state index is 14.3. The summed E-state index contributed by atoms with van der Waals surface area (Å²) in [5.74, 6) is -4.39. The Balaban J connectivity index is 2.18. The average molecular weight is 417 g/mol. The lowest BCUT2D eigenvalue weighted by Crippen LogP contribution is -2.72. The van der Waals surface area contributed by atoms with Gasteiger partial charge in [-0.15, -0.1) is 0 Å². The standard InChI is InChI=1S/C18H13ClF4N2O3/c19-10-7-5-9(6-8-10)15(26)13-14(11-3-1-2-4-12(11)20)24-16(27)25-17(13,28)18(21,22)23/h1-8,13-14,28H,(H2,24,25,27)/t13-,14-,17+/m1/s1. The van der Waals surface area contributed by atoms with Gasteiger partial charge in [0, 0.05) is 16.1 Å². The van der Waals surface area contributed by atoms with Gasteiger partial charge in [-0.25, -0.2) is 9.18 Å². The van der Waals surface area contributed by atoms with Gasteiger partial charge in [0.05, 0.1) is 6.04 Å². The average Bonchev–Trinajstić information content (AvgIpc) is 2.60. The van der Waals surface area contributed by atoms with E-state index >= 15 is 0 Å². The van der Waals surface area contributed by atoms with Gasteiger partial charge in [-0.3, -0.25) is 4.79 Å². The van der Waals surface area contributed by atoms with Gasteiger partial charge >= 0.3 is 12.2 Å². The first-order chi connectivity index (χ1) is 13.0. The second-order valence-corrected chi connectivity index (χ2v) is 6.65. The molecule has 28 heavy (non-hydrogen) atoms. The normalized spacial score (nSPS) is 25.0. The van der Waals surface area contributed by atoms with Gasteiger partial charge in [-0.1, -0.05) is 29.8 Å². The Bertz CT molecular complexity index is 920. The van der Waals surface area contributed by atoms with Gasteiger partial charge in [-0.2, -0.15) is 13.2 Å². The summed E-state index contributed by atoms with van der Waals surface area (Å²) in [6.45, 7) is 0. The molecule has 10 heteroatoms. The molecule has 3 N–H and O–H groups in total. The molecule has 0 unspecified atom stereocenters. The molecule has 1 aliphatic heterocycles. The molecule has 1 aliphatic rings. The van der Waals surface area contributed by atoms with E-state index in [2.05, 4.69) is 5.32 Å². The summed E-state index contributed by atoms with van der Waals surface area (Å²) in [5, 5.41) is 14.1. The van der Waals surface area contributed by atoms with Crippen molar-refractivity contribution < 1.29 is 32.3 Å². The maximum Gasteiger partial charge on any atom is 0.437 e. The lowest BCUT2D eigenvalue weighted by Gasteiger charge is -2.45. The number of carbonyl (C=O) groups excluding carboxylic acids is 2. The van der Waals surface area contributed by atoms with Crippen LogP contribution in [0.4, 0.5) is 22.4 Å². The number of benzene rings is 2. The Morgan fingerprint density at radius 2 is 1.71 bits per heavy atom. The molecule has 1 fully saturated rings. The van der Waals surface area contributed by atoms with Crippen molar-refractivity contribution in [2.45, 2.75) is 17.9 Å². The molecule has 3 rings (SSSR count). The Labute approximate surface area is 161 Å². The first-order valence-corrected chi connectivity index (χ1v) is 8.34. The Hall–Kier alpha value is -2.65. The fourth-order valence-electron chi connectivity index (χ4n) is 3.12. The lowest BCUT2D eigenvalue weighted by atomic mass is 9.77. The summed E-state index contributed by atoms with van der Waals surface area (Å²) in [6, 6.07) is 6.49. The van der Waals surface area contributed by atoms with Crippen molar-refractivity contribution in [3.05, 3.63) is 70.5 Å². The molecule has 2 aromatic rings. The number of hydrogen-bond acceptors (Lipinski definition) is 3. The highest BCUT2D eigenvalue weighted by atomic mass is 35.5. The number of alkyl halides is 3. The molecular formula is C18H13ClF4N2O3. The molecule has 0 radical (unpaired) electrons. The Morgan fingerprint density at radius 1 is 1.11 bits per heavy atom. The van der Waals surface area contributed by atoms with Crippen LogP contribution in [0.1, 0.15) is 22.0 Å². The molecular weight excluding hydrogens is 404 g/mol. The summed E-state index contributed by atoms with van der Waals surface area (Å²) < 4.78 is 55.4. The van der Waals surface area contributed by atoms with Crippen LogP contribution in [0.15, 0.2) is 48.5 Å². The summed E-state index contributed by atoms with van der Waals surface area (Å²) in [7, 11) is 0. The van der Waals surface area contributed by atoms with Crippen LogP contribution in [0, 0.1) is 11.7 Å². The Morgan fingerprint density at radius 3 is 2.29 bits per heavy atom. The zero-order valence-corrected chi connectivity index (χ0v) is 14.7.